The van der Waals surface area contributed by atoms with Crippen molar-refractivity contribution in [3.05, 3.63) is 107 Å². The number of hydrogen-bond acceptors (Lipinski definition) is 10. The van der Waals surface area contributed by atoms with Crippen molar-refractivity contribution in [3.63, 3.8) is 0 Å². The molecule has 0 saturated heterocycles. The summed E-state index contributed by atoms with van der Waals surface area (Å²) in [6, 6.07) is 27.7. The molecule has 0 aliphatic heterocycles. The maximum Gasteiger partial charge on any atom is 0.197 e. The molecule has 0 amide bonds. The van der Waals surface area contributed by atoms with Gasteiger partial charge in [-0.2, -0.15) is 0 Å². The third-order valence-electron chi connectivity index (χ3n) is 12.0. The van der Waals surface area contributed by atoms with Crippen LogP contribution in [-0.2, 0) is 4.79 Å². The van der Waals surface area contributed by atoms with Gasteiger partial charge in [-0.15, -0.1) is 0 Å². The number of aromatic nitrogens is 2. The van der Waals surface area contributed by atoms with Crippen LogP contribution in [0.5, 0.6) is 11.5 Å². The van der Waals surface area contributed by atoms with Crippen LogP contribution in [0.15, 0.2) is 106 Å². The number of fused-ring (bicyclic) bond motifs is 4. The lowest BCUT2D eigenvalue weighted by Crippen LogP contribution is -2.31. The van der Waals surface area contributed by atoms with Crippen molar-refractivity contribution < 1.29 is 23.1 Å². The Labute approximate surface area is 363 Å². The van der Waals surface area contributed by atoms with E-state index in [0.717, 1.165) is 119 Å². The molecule has 2 aliphatic carbocycles. The number of rotatable bonds is 9. The molecule has 4 aromatic heterocycles. The Hall–Kier alpha value is -5.75. The molecule has 61 heavy (non-hydrogen) atoms. The van der Waals surface area contributed by atoms with Crippen LogP contribution in [0.2, 0.25) is 16.4 Å². The second kappa shape index (κ2) is 17.7. The molecule has 6 N–H and O–H groups in total. The quantitative estimate of drug-likeness (QED) is 0.0939. The van der Waals surface area contributed by atoms with Gasteiger partial charge in [0.05, 0.1) is 28.4 Å². The fourth-order valence-electron chi connectivity index (χ4n) is 8.73. The number of nitrogen functional groups attached to an aromatic ring is 2. The maximum absolute atomic E-state index is 10.6. The van der Waals surface area contributed by atoms with E-state index in [1.807, 2.05) is 84.9 Å². The Morgan fingerprint density at radius 1 is 0.656 bits per heavy atom. The molecule has 13 heteroatoms. The topological polar surface area (TPSA) is 166 Å². The minimum atomic E-state index is 0.129. The van der Waals surface area contributed by atoms with Gasteiger partial charge in [0.25, 0.3) is 0 Å². The molecule has 0 unspecified atom stereocenters. The summed E-state index contributed by atoms with van der Waals surface area (Å²) in [4.78, 5) is 19.3. The number of halogens is 2. The van der Waals surface area contributed by atoms with Gasteiger partial charge < -0.3 is 40.3 Å². The molecule has 4 aromatic carbocycles. The largest absolute Gasteiger partial charge is 0.490 e. The monoisotopic (exact) mass is 852 g/mol. The van der Waals surface area contributed by atoms with E-state index < -0.39 is 0 Å². The highest BCUT2D eigenvalue weighted by atomic mass is 35.5. The summed E-state index contributed by atoms with van der Waals surface area (Å²) in [6.45, 7) is 0. The predicted molar refractivity (Wildman–Crippen MR) is 247 cm³/mol. The van der Waals surface area contributed by atoms with Crippen molar-refractivity contribution in [1.82, 2.24) is 9.97 Å². The Morgan fingerprint density at radius 3 is 1.57 bits per heavy atom. The minimum absolute atomic E-state index is 0.129. The van der Waals surface area contributed by atoms with Gasteiger partial charge >= 0.3 is 0 Å². The van der Waals surface area contributed by atoms with Gasteiger partial charge in [0, 0.05) is 61.9 Å². The summed E-state index contributed by atoms with van der Waals surface area (Å²) in [5.74, 6) is 4.21. The van der Waals surface area contributed by atoms with Gasteiger partial charge in [-0.25, -0.2) is 9.97 Å². The van der Waals surface area contributed by atoms with E-state index in [2.05, 4.69) is 9.97 Å². The molecule has 1 radical (unpaired) electrons. The molecular formula is C48H45BCl2N5O5. The van der Waals surface area contributed by atoms with E-state index in [1.165, 1.54) is 0 Å². The molecule has 10 nitrogen and oxygen atoms in total. The zero-order valence-corrected chi connectivity index (χ0v) is 35.0. The number of carbonyl (C=O) groups is 1. The number of anilines is 2. The van der Waals surface area contributed by atoms with Crippen LogP contribution in [0.25, 0.3) is 66.1 Å². The first-order valence-corrected chi connectivity index (χ1v) is 21.6. The number of carbonyl (C=O) groups excluding carboxylic acids is 1. The molecule has 0 bridgehead atoms. The van der Waals surface area contributed by atoms with Crippen molar-refractivity contribution in [1.29, 1.82) is 0 Å². The van der Waals surface area contributed by atoms with Gasteiger partial charge in [-0.3, -0.25) is 0 Å². The lowest BCUT2D eigenvalue weighted by Gasteiger charge is -2.29. The molecule has 10 rings (SSSR count). The number of benzene rings is 4. The van der Waals surface area contributed by atoms with Crippen LogP contribution < -0.4 is 26.7 Å². The fraction of sp³-hybridized carbons (Fsp3) is 0.271. The molecular weight excluding hydrogens is 808 g/mol. The molecule has 2 fully saturated rings. The number of para-hydroxylation sites is 2. The highest BCUT2D eigenvalue weighted by Gasteiger charge is 2.25. The number of ether oxygens (including phenoxy) is 2. The number of pyridine rings is 2. The van der Waals surface area contributed by atoms with Crippen LogP contribution >= 0.6 is 23.2 Å². The first-order valence-electron chi connectivity index (χ1n) is 20.8. The molecule has 8 aromatic rings. The van der Waals surface area contributed by atoms with Crippen molar-refractivity contribution >= 4 is 91.8 Å². The number of nitrogens with two attached hydrogens (primary N) is 3. The molecule has 0 spiro atoms. The van der Waals surface area contributed by atoms with E-state index in [4.69, 9.17) is 58.7 Å². The molecule has 4 heterocycles. The van der Waals surface area contributed by atoms with Gasteiger partial charge in [-0.05, 0) is 106 Å². The summed E-state index contributed by atoms with van der Waals surface area (Å²) in [5.41, 5.74) is 21.6. The van der Waals surface area contributed by atoms with Gasteiger partial charge in [0.15, 0.2) is 7.28 Å². The lowest BCUT2D eigenvalue weighted by molar-refractivity contribution is 0.136. The Bertz CT molecular complexity index is 2800. The average Bonchev–Trinajstić information content (AvgIpc) is 3.89. The third kappa shape index (κ3) is 8.73. The first kappa shape index (κ1) is 40.7. The SMILES string of the molecule is Nc1ncc(-c2cc3ccccc3o2)c2cc(OC3CCC(C[B]C=O)CC3)cc(Cl)c12.Nc1ncc(-c2cc3ccccc3o2)c2cc(OC3CCC(N)CC3)cc(Cl)c12. The number of nitrogens with zero attached hydrogens (tertiary/aromatic N) is 2. The van der Waals surface area contributed by atoms with Crippen molar-refractivity contribution in [3.8, 4) is 34.1 Å². The standard InChI is InChI=1S/C25H23BClN2O3.C23H22ClN3O2/c27-21-11-18(31-17-7-5-15(6-8-17)12-26-14-30)10-19-20(13-29-25(28)24(19)21)23-9-16-3-1-2-4-22(16)32-23;24-19-11-16(28-15-7-5-14(25)6-8-15)10-17-18(12-27-23(26)22(17)19)21-9-13-3-1-2-4-20(13)29-21/h1-4,9-11,13-15,17H,5-8,12H2,(H2,28,29);1-4,9-12,14-15H,5-8,25H2,(H2,26,27). The van der Waals surface area contributed by atoms with Crippen LogP contribution in [0.4, 0.5) is 11.6 Å². The highest BCUT2D eigenvalue weighted by Crippen LogP contribution is 2.42. The average molecular weight is 854 g/mol. The van der Waals surface area contributed by atoms with E-state index in [-0.39, 0.29) is 18.2 Å². The fourth-order valence-corrected chi connectivity index (χ4v) is 9.34. The van der Waals surface area contributed by atoms with Crippen LogP contribution in [0, 0.1) is 5.92 Å². The molecule has 2 aliphatic rings. The Kier molecular flexibility index (Phi) is 11.8. The van der Waals surface area contributed by atoms with Gasteiger partial charge in [0.1, 0.15) is 45.8 Å². The minimum Gasteiger partial charge on any atom is -0.490 e. The smallest absolute Gasteiger partial charge is 0.197 e. The lowest BCUT2D eigenvalue weighted by atomic mass is 9.67. The first-order chi connectivity index (χ1) is 29.7. The second-order valence-electron chi connectivity index (χ2n) is 16.1. The normalized spacial score (nSPS) is 19.1. The van der Waals surface area contributed by atoms with Crippen molar-refractivity contribution in [2.45, 2.75) is 75.9 Å². The van der Waals surface area contributed by atoms with Crippen LogP contribution in [0.1, 0.15) is 51.4 Å². The van der Waals surface area contributed by atoms with E-state index in [1.54, 1.807) is 19.7 Å². The Morgan fingerprint density at radius 2 is 1.11 bits per heavy atom. The summed E-state index contributed by atoms with van der Waals surface area (Å²) in [6.07, 6.45) is 13.4. The maximum atomic E-state index is 10.6. The second-order valence-corrected chi connectivity index (χ2v) is 16.9. The predicted octanol–water partition coefficient (Wildman–Crippen LogP) is 11.7. The van der Waals surface area contributed by atoms with Gasteiger partial charge in [-0.1, -0.05) is 65.9 Å². The van der Waals surface area contributed by atoms with E-state index in [0.29, 0.717) is 49.9 Å². The molecule has 309 valence electrons. The zero-order chi connectivity index (χ0) is 42.0. The summed E-state index contributed by atoms with van der Waals surface area (Å²) >= 11 is 13.2. The van der Waals surface area contributed by atoms with Crippen LogP contribution in [0.3, 0.4) is 0 Å². The van der Waals surface area contributed by atoms with E-state index in [9.17, 15) is 4.79 Å². The number of hydrogen-bond donors (Lipinski definition) is 3. The third-order valence-corrected chi connectivity index (χ3v) is 12.5. The van der Waals surface area contributed by atoms with E-state index >= 15 is 0 Å². The van der Waals surface area contributed by atoms with Crippen LogP contribution in [-0.4, -0.2) is 41.7 Å². The number of furan rings is 2. The van der Waals surface area contributed by atoms with Crippen molar-refractivity contribution in [2.24, 2.45) is 11.7 Å². The van der Waals surface area contributed by atoms with Gasteiger partial charge in [0.2, 0.25) is 0 Å². The summed E-state index contributed by atoms with van der Waals surface area (Å²) < 4.78 is 24.7. The summed E-state index contributed by atoms with van der Waals surface area (Å²) in [7, 11) is 1.72. The molecule has 2 saturated carbocycles. The van der Waals surface area contributed by atoms with Crippen molar-refractivity contribution in [2.75, 3.05) is 11.5 Å². The zero-order valence-electron chi connectivity index (χ0n) is 33.5. The molecule has 0 atom stereocenters. The highest BCUT2D eigenvalue weighted by molar-refractivity contribution is 6.66. The summed E-state index contributed by atoms with van der Waals surface area (Å²) in [5, 5.41) is 6.22. The Balaban J connectivity index is 0.000000157.